The van der Waals surface area contributed by atoms with Crippen molar-refractivity contribution < 1.29 is 14.7 Å². The Labute approximate surface area is 136 Å². The van der Waals surface area contributed by atoms with Crippen molar-refractivity contribution in [3.8, 4) is 0 Å². The van der Waals surface area contributed by atoms with Crippen LogP contribution in [-0.2, 0) is 17.6 Å². The summed E-state index contributed by atoms with van der Waals surface area (Å²) in [5.41, 5.74) is 3.21. The molecule has 2 amide bonds. The summed E-state index contributed by atoms with van der Waals surface area (Å²) in [5, 5.41) is 12.3. The molecule has 5 heteroatoms. The topological polar surface area (TPSA) is 69.6 Å². The Hall–Kier alpha value is -1.88. The first kappa shape index (κ1) is 16.0. The van der Waals surface area contributed by atoms with E-state index < -0.39 is 6.10 Å². The molecule has 1 aliphatic heterocycles. The number of aliphatic hydroxyl groups is 1. The van der Waals surface area contributed by atoms with Gasteiger partial charge in [0.15, 0.2) is 0 Å². The minimum Gasteiger partial charge on any atom is -0.393 e. The van der Waals surface area contributed by atoms with Crippen molar-refractivity contribution in [2.75, 3.05) is 19.6 Å². The number of aryl methyl sites for hydroxylation is 2. The van der Waals surface area contributed by atoms with Gasteiger partial charge < -0.3 is 15.3 Å². The first-order valence-electron chi connectivity index (χ1n) is 8.40. The van der Waals surface area contributed by atoms with E-state index in [0.717, 1.165) is 25.7 Å². The normalized spacial score (nSPS) is 21.1. The molecular formula is C18H24N2O3. The Bertz CT molecular complexity index is 612. The van der Waals surface area contributed by atoms with Gasteiger partial charge in [0.25, 0.3) is 5.91 Å². The highest BCUT2D eigenvalue weighted by Gasteiger charge is 2.29. The number of nitrogens with one attached hydrogen (secondary N) is 1. The fraction of sp³-hybridized carbons (Fsp3) is 0.556. The maximum absolute atomic E-state index is 12.2. The molecule has 0 saturated carbocycles. The first-order chi connectivity index (χ1) is 11.0. The summed E-state index contributed by atoms with van der Waals surface area (Å²) >= 11 is 0. The lowest BCUT2D eigenvalue weighted by atomic mass is 10.0. The van der Waals surface area contributed by atoms with Gasteiger partial charge in [0.1, 0.15) is 0 Å². The second kappa shape index (κ2) is 6.71. The van der Waals surface area contributed by atoms with Gasteiger partial charge in [0.05, 0.1) is 12.6 Å². The van der Waals surface area contributed by atoms with Gasteiger partial charge in [-0.2, -0.15) is 0 Å². The fourth-order valence-electron chi connectivity index (χ4n) is 3.49. The largest absolute Gasteiger partial charge is 0.393 e. The zero-order valence-corrected chi connectivity index (χ0v) is 13.5. The molecule has 0 aromatic heterocycles. The molecule has 1 heterocycles. The van der Waals surface area contributed by atoms with Gasteiger partial charge in [-0.1, -0.05) is 6.07 Å². The molecule has 0 spiro atoms. The van der Waals surface area contributed by atoms with Crippen molar-refractivity contribution in [2.45, 2.75) is 38.7 Å². The van der Waals surface area contributed by atoms with Gasteiger partial charge in [-0.25, -0.2) is 0 Å². The Morgan fingerprint density at radius 1 is 1.35 bits per heavy atom. The van der Waals surface area contributed by atoms with E-state index in [1.165, 1.54) is 11.1 Å². The van der Waals surface area contributed by atoms with Crippen LogP contribution in [0.15, 0.2) is 18.2 Å². The summed E-state index contributed by atoms with van der Waals surface area (Å²) in [4.78, 5) is 26.1. The molecule has 23 heavy (non-hydrogen) atoms. The molecule has 2 unspecified atom stereocenters. The van der Waals surface area contributed by atoms with E-state index in [0.29, 0.717) is 18.7 Å². The summed E-state index contributed by atoms with van der Waals surface area (Å²) in [6, 6.07) is 5.80. The molecule has 0 bridgehead atoms. The van der Waals surface area contributed by atoms with E-state index in [-0.39, 0.29) is 24.3 Å². The third-order valence-corrected chi connectivity index (χ3v) is 5.02. The highest BCUT2D eigenvalue weighted by Crippen LogP contribution is 2.23. The van der Waals surface area contributed by atoms with Crippen LogP contribution in [0.5, 0.6) is 0 Å². The van der Waals surface area contributed by atoms with Crippen molar-refractivity contribution in [1.82, 2.24) is 10.2 Å². The van der Waals surface area contributed by atoms with Gasteiger partial charge in [-0.3, -0.25) is 9.59 Å². The molecule has 3 rings (SSSR count). The van der Waals surface area contributed by atoms with Crippen molar-refractivity contribution in [2.24, 2.45) is 5.92 Å². The Balaban J connectivity index is 1.52. The average molecular weight is 316 g/mol. The molecule has 2 N–H and O–H groups in total. The Kier molecular flexibility index (Phi) is 4.66. The lowest BCUT2D eigenvalue weighted by Crippen LogP contribution is -2.39. The molecule has 0 radical (unpaired) electrons. The maximum Gasteiger partial charge on any atom is 0.251 e. The minimum absolute atomic E-state index is 0.0163. The highest BCUT2D eigenvalue weighted by atomic mass is 16.3. The predicted molar refractivity (Wildman–Crippen MR) is 87.2 cm³/mol. The van der Waals surface area contributed by atoms with Gasteiger partial charge in [-0.15, -0.1) is 0 Å². The SMILES string of the molecule is CC(O)C1CCN(C(=O)CNC(=O)c2ccc3c(c2)CCC3)C1. The lowest BCUT2D eigenvalue weighted by Gasteiger charge is -2.18. The smallest absolute Gasteiger partial charge is 0.251 e. The maximum atomic E-state index is 12.2. The second-order valence-electron chi connectivity index (χ2n) is 6.65. The minimum atomic E-state index is -0.395. The molecule has 1 aromatic rings. The first-order valence-corrected chi connectivity index (χ1v) is 8.40. The van der Waals surface area contributed by atoms with Gasteiger partial charge in [0.2, 0.25) is 5.91 Å². The third kappa shape index (κ3) is 3.55. The number of benzene rings is 1. The van der Waals surface area contributed by atoms with Crippen LogP contribution in [-0.4, -0.2) is 47.6 Å². The predicted octanol–water partition coefficient (Wildman–Crippen LogP) is 1.13. The summed E-state index contributed by atoms with van der Waals surface area (Å²) in [5.74, 6) is -0.131. The average Bonchev–Trinajstić information content (AvgIpc) is 3.20. The molecule has 1 saturated heterocycles. The molecule has 5 nitrogen and oxygen atoms in total. The number of likely N-dealkylation sites (tertiary alicyclic amines) is 1. The van der Waals surface area contributed by atoms with Gasteiger partial charge in [-0.05, 0) is 55.9 Å². The number of hydrogen-bond donors (Lipinski definition) is 2. The van der Waals surface area contributed by atoms with Gasteiger partial charge >= 0.3 is 0 Å². The van der Waals surface area contributed by atoms with E-state index >= 15 is 0 Å². The van der Waals surface area contributed by atoms with E-state index in [9.17, 15) is 14.7 Å². The number of carbonyl (C=O) groups excluding carboxylic acids is 2. The summed E-state index contributed by atoms with van der Waals surface area (Å²) < 4.78 is 0. The molecule has 2 atom stereocenters. The Morgan fingerprint density at radius 3 is 2.87 bits per heavy atom. The number of amides is 2. The fourth-order valence-corrected chi connectivity index (χ4v) is 3.49. The highest BCUT2D eigenvalue weighted by molar-refractivity contribution is 5.96. The van der Waals surface area contributed by atoms with E-state index in [1.807, 2.05) is 18.2 Å². The number of carbonyl (C=O) groups is 2. The Morgan fingerprint density at radius 2 is 2.13 bits per heavy atom. The van der Waals surface area contributed by atoms with Crippen LogP contribution in [0.1, 0.15) is 41.3 Å². The standard InChI is InChI=1S/C18H24N2O3/c1-12(21)16-7-8-20(11-16)17(22)10-19-18(23)15-6-5-13-3-2-4-14(13)9-15/h5-6,9,12,16,21H,2-4,7-8,10-11H2,1H3,(H,19,23). The van der Waals surface area contributed by atoms with Crippen molar-refractivity contribution >= 4 is 11.8 Å². The number of nitrogens with zero attached hydrogens (tertiary/aromatic N) is 1. The van der Waals surface area contributed by atoms with Crippen LogP contribution in [0.3, 0.4) is 0 Å². The van der Waals surface area contributed by atoms with Crippen LogP contribution < -0.4 is 5.32 Å². The summed E-state index contributed by atoms with van der Waals surface area (Å²) in [7, 11) is 0. The van der Waals surface area contributed by atoms with Crippen LogP contribution >= 0.6 is 0 Å². The van der Waals surface area contributed by atoms with Crippen molar-refractivity contribution in [1.29, 1.82) is 0 Å². The monoisotopic (exact) mass is 316 g/mol. The third-order valence-electron chi connectivity index (χ3n) is 5.02. The molecule has 1 aliphatic carbocycles. The van der Waals surface area contributed by atoms with E-state index in [2.05, 4.69) is 5.32 Å². The van der Waals surface area contributed by atoms with Crippen LogP contribution in [0, 0.1) is 5.92 Å². The summed E-state index contributed by atoms with van der Waals surface area (Å²) in [6.07, 6.45) is 3.70. The van der Waals surface area contributed by atoms with E-state index in [1.54, 1.807) is 11.8 Å². The molecule has 124 valence electrons. The zero-order valence-electron chi connectivity index (χ0n) is 13.5. The zero-order chi connectivity index (χ0) is 16.4. The van der Waals surface area contributed by atoms with Crippen LogP contribution in [0.4, 0.5) is 0 Å². The number of fused-ring (bicyclic) bond motifs is 1. The number of hydrogen-bond acceptors (Lipinski definition) is 3. The lowest BCUT2D eigenvalue weighted by molar-refractivity contribution is -0.129. The molecule has 2 aliphatic rings. The molecule has 1 aromatic carbocycles. The van der Waals surface area contributed by atoms with Crippen LogP contribution in [0.2, 0.25) is 0 Å². The van der Waals surface area contributed by atoms with Crippen molar-refractivity contribution in [3.05, 3.63) is 34.9 Å². The van der Waals surface area contributed by atoms with E-state index in [4.69, 9.17) is 0 Å². The molecular weight excluding hydrogens is 292 g/mol. The summed E-state index contributed by atoms with van der Waals surface area (Å²) in [6.45, 7) is 3.01. The number of aliphatic hydroxyl groups excluding tert-OH is 1. The quantitative estimate of drug-likeness (QED) is 0.875. The van der Waals surface area contributed by atoms with Crippen molar-refractivity contribution in [3.63, 3.8) is 0 Å². The second-order valence-corrected chi connectivity index (χ2v) is 6.65. The van der Waals surface area contributed by atoms with Gasteiger partial charge in [0, 0.05) is 24.6 Å². The van der Waals surface area contributed by atoms with Crippen LogP contribution in [0.25, 0.3) is 0 Å². The molecule has 1 fully saturated rings. The number of rotatable bonds is 4.